The summed E-state index contributed by atoms with van der Waals surface area (Å²) in [6.45, 7) is 0. The van der Waals surface area contributed by atoms with E-state index in [1.165, 1.54) is 12.1 Å². The van der Waals surface area contributed by atoms with Gasteiger partial charge in [-0.25, -0.2) is 5.84 Å². The van der Waals surface area contributed by atoms with Gasteiger partial charge in [-0.1, -0.05) is 18.2 Å². The summed E-state index contributed by atoms with van der Waals surface area (Å²) in [5, 5.41) is 4.88. The highest BCUT2D eigenvalue weighted by Crippen LogP contribution is 2.30. The van der Waals surface area contributed by atoms with Crippen LogP contribution in [0.25, 0.3) is 0 Å². The molecule has 0 heterocycles. The molecule has 7 nitrogen and oxygen atoms in total. The van der Waals surface area contributed by atoms with E-state index in [1.807, 2.05) is 5.43 Å². The second-order valence-corrected chi connectivity index (χ2v) is 6.23. The molecule has 0 aliphatic carbocycles. The Morgan fingerprint density at radius 1 is 0.833 bits per heavy atom. The molecule has 0 bridgehead atoms. The van der Waals surface area contributed by atoms with Gasteiger partial charge >= 0.3 is 11.8 Å². The fraction of sp³-hybridized carbons (Fsp3) is 0. The number of halogens is 2. The minimum atomic E-state index is -0.921. The summed E-state index contributed by atoms with van der Waals surface area (Å²) in [6.07, 6.45) is 0. The number of nitrogens with one attached hydrogen (secondary N) is 3. The Hall–Kier alpha value is -2.23. The number of amides is 3. The number of nitrogens with two attached hydrogens (primary N) is 1. The smallest absolute Gasteiger partial charge is 0.314 e. The molecular weight excluding hydrogens is 444 g/mol. The second kappa shape index (κ2) is 8.04. The van der Waals surface area contributed by atoms with Crippen LogP contribution in [-0.2, 0) is 9.59 Å². The summed E-state index contributed by atoms with van der Waals surface area (Å²) in [5.74, 6) is 2.71. The third kappa shape index (κ3) is 4.19. The third-order valence-corrected chi connectivity index (χ3v) is 4.28. The molecule has 0 saturated heterocycles. The Kier molecular flexibility index (Phi) is 6.07. The molecule has 0 aliphatic heterocycles. The number of para-hydroxylation sites is 2. The van der Waals surface area contributed by atoms with Crippen LogP contribution in [0.2, 0.25) is 0 Å². The molecule has 2 rings (SSSR count). The van der Waals surface area contributed by atoms with Gasteiger partial charge in [-0.3, -0.25) is 19.8 Å². The summed E-state index contributed by atoms with van der Waals surface area (Å²) in [5.41, 5.74) is 2.71. The first-order valence-corrected chi connectivity index (χ1v) is 8.19. The molecule has 0 aliphatic rings. The second-order valence-electron chi connectivity index (χ2n) is 4.52. The average Bonchev–Trinajstić information content (AvgIpc) is 2.57. The number of nitrogen functional groups attached to an aromatic ring is 1. The van der Waals surface area contributed by atoms with Crippen LogP contribution in [0, 0.1) is 0 Å². The number of anilines is 2. The number of carbonyl (C=O) groups is 3. The van der Waals surface area contributed by atoms with Crippen LogP contribution < -0.4 is 21.9 Å². The molecule has 0 aromatic heterocycles. The van der Waals surface area contributed by atoms with E-state index in [2.05, 4.69) is 42.5 Å². The first kappa shape index (κ1) is 18.1. The highest BCUT2D eigenvalue weighted by Gasteiger charge is 2.19. The average molecular weight is 456 g/mol. The van der Waals surface area contributed by atoms with Gasteiger partial charge < -0.3 is 10.6 Å². The van der Waals surface area contributed by atoms with Crippen molar-refractivity contribution in [1.29, 1.82) is 0 Å². The normalized spacial score (nSPS) is 9.96. The molecule has 0 spiro atoms. The highest BCUT2D eigenvalue weighted by atomic mass is 79.9. The van der Waals surface area contributed by atoms with E-state index < -0.39 is 17.7 Å². The van der Waals surface area contributed by atoms with Crippen LogP contribution in [0.4, 0.5) is 11.4 Å². The molecule has 5 N–H and O–H groups in total. The van der Waals surface area contributed by atoms with Crippen LogP contribution in [0.3, 0.4) is 0 Å². The van der Waals surface area contributed by atoms with Gasteiger partial charge in [-0.2, -0.15) is 0 Å². The summed E-state index contributed by atoms with van der Waals surface area (Å²) < 4.78 is 1.22. The SMILES string of the molecule is NNC(=O)c1ccccc1NC(=O)C(=O)Nc1c(Br)cccc1Br. The van der Waals surface area contributed by atoms with Crippen molar-refractivity contribution in [1.82, 2.24) is 5.43 Å². The van der Waals surface area contributed by atoms with Crippen molar-refractivity contribution in [2.24, 2.45) is 5.84 Å². The number of hydrogen-bond acceptors (Lipinski definition) is 4. The number of benzene rings is 2. The lowest BCUT2D eigenvalue weighted by Gasteiger charge is -2.11. The van der Waals surface area contributed by atoms with Crippen molar-refractivity contribution in [3.8, 4) is 0 Å². The van der Waals surface area contributed by atoms with Crippen LogP contribution in [-0.4, -0.2) is 17.7 Å². The molecule has 0 radical (unpaired) electrons. The monoisotopic (exact) mass is 454 g/mol. The van der Waals surface area contributed by atoms with Crippen LogP contribution >= 0.6 is 31.9 Å². The van der Waals surface area contributed by atoms with Crippen molar-refractivity contribution >= 4 is 61.0 Å². The van der Waals surface area contributed by atoms with E-state index in [0.717, 1.165) is 0 Å². The molecule has 2 aromatic rings. The maximum atomic E-state index is 12.1. The van der Waals surface area contributed by atoms with Crippen LogP contribution in [0.5, 0.6) is 0 Å². The van der Waals surface area contributed by atoms with Gasteiger partial charge in [0.05, 0.1) is 16.9 Å². The first-order valence-electron chi connectivity index (χ1n) is 6.60. The van der Waals surface area contributed by atoms with Gasteiger partial charge in [0, 0.05) is 8.95 Å². The van der Waals surface area contributed by atoms with Crippen molar-refractivity contribution in [2.75, 3.05) is 10.6 Å². The lowest BCUT2D eigenvalue weighted by molar-refractivity contribution is -0.133. The maximum absolute atomic E-state index is 12.1. The zero-order valence-electron chi connectivity index (χ0n) is 12.1. The van der Waals surface area contributed by atoms with Gasteiger partial charge in [-0.15, -0.1) is 0 Å². The van der Waals surface area contributed by atoms with Gasteiger partial charge in [0.15, 0.2) is 0 Å². The highest BCUT2D eigenvalue weighted by molar-refractivity contribution is 9.11. The standard InChI is InChI=1S/C15H12Br2N4O3/c16-9-5-3-6-10(17)12(9)20-15(24)14(23)19-11-7-2-1-4-8(11)13(22)21-18/h1-7H,18H2,(H,19,23)(H,20,24)(H,21,22). The lowest BCUT2D eigenvalue weighted by Crippen LogP contribution is -2.33. The number of carbonyl (C=O) groups excluding carboxylic acids is 3. The molecule has 2 aromatic carbocycles. The van der Waals surface area contributed by atoms with Crippen LogP contribution in [0.1, 0.15) is 10.4 Å². The van der Waals surface area contributed by atoms with Crippen molar-refractivity contribution in [3.05, 3.63) is 57.0 Å². The predicted molar refractivity (Wildman–Crippen MR) is 97.2 cm³/mol. The van der Waals surface area contributed by atoms with Crippen molar-refractivity contribution in [2.45, 2.75) is 0 Å². The van der Waals surface area contributed by atoms with E-state index in [-0.39, 0.29) is 11.3 Å². The first-order chi connectivity index (χ1) is 11.4. The van der Waals surface area contributed by atoms with Crippen molar-refractivity contribution < 1.29 is 14.4 Å². The largest absolute Gasteiger partial charge is 0.317 e. The predicted octanol–water partition coefficient (Wildman–Crippen LogP) is 2.39. The van der Waals surface area contributed by atoms with E-state index >= 15 is 0 Å². The Balaban J connectivity index is 2.16. The zero-order valence-corrected chi connectivity index (χ0v) is 15.3. The molecule has 0 atom stereocenters. The Bertz CT molecular complexity index is 791. The third-order valence-electron chi connectivity index (χ3n) is 2.96. The van der Waals surface area contributed by atoms with Crippen molar-refractivity contribution in [3.63, 3.8) is 0 Å². The molecule has 0 saturated carbocycles. The van der Waals surface area contributed by atoms with Gasteiger partial charge in [0.1, 0.15) is 0 Å². The molecule has 0 unspecified atom stereocenters. The Morgan fingerprint density at radius 3 is 2.04 bits per heavy atom. The maximum Gasteiger partial charge on any atom is 0.314 e. The topological polar surface area (TPSA) is 113 Å². The van der Waals surface area contributed by atoms with E-state index in [9.17, 15) is 14.4 Å². The summed E-state index contributed by atoms with van der Waals surface area (Å²) in [7, 11) is 0. The lowest BCUT2D eigenvalue weighted by atomic mass is 10.1. The zero-order chi connectivity index (χ0) is 17.7. The molecular formula is C15H12Br2N4O3. The van der Waals surface area contributed by atoms with Gasteiger partial charge in [0.2, 0.25) is 0 Å². The summed E-state index contributed by atoms with van der Waals surface area (Å²) in [4.78, 5) is 35.8. The number of rotatable bonds is 3. The Labute approximate surface area is 154 Å². The fourth-order valence-electron chi connectivity index (χ4n) is 1.83. The molecule has 3 amide bonds. The van der Waals surface area contributed by atoms with E-state index in [4.69, 9.17) is 5.84 Å². The molecule has 0 fully saturated rings. The van der Waals surface area contributed by atoms with Gasteiger partial charge in [0.25, 0.3) is 5.91 Å². The molecule has 24 heavy (non-hydrogen) atoms. The summed E-state index contributed by atoms with van der Waals surface area (Å²) >= 11 is 6.58. The fourth-order valence-corrected chi connectivity index (χ4v) is 3.03. The summed E-state index contributed by atoms with van der Waals surface area (Å²) in [6, 6.07) is 11.4. The van der Waals surface area contributed by atoms with Crippen LogP contribution in [0.15, 0.2) is 51.4 Å². The molecule has 9 heteroatoms. The minimum absolute atomic E-state index is 0.142. The number of hydrogen-bond donors (Lipinski definition) is 4. The number of hydrazine groups is 1. The van der Waals surface area contributed by atoms with Gasteiger partial charge in [-0.05, 0) is 56.1 Å². The van der Waals surface area contributed by atoms with E-state index in [0.29, 0.717) is 14.6 Å². The van der Waals surface area contributed by atoms with E-state index in [1.54, 1.807) is 30.3 Å². The molecule has 124 valence electrons. The Morgan fingerprint density at radius 2 is 1.42 bits per heavy atom. The quantitative estimate of drug-likeness (QED) is 0.246. The minimum Gasteiger partial charge on any atom is -0.317 e.